The van der Waals surface area contributed by atoms with Gasteiger partial charge in [0.15, 0.2) is 5.75 Å². The molecule has 0 spiro atoms. The Labute approximate surface area is 114 Å². The lowest BCUT2D eigenvalue weighted by Crippen LogP contribution is -2.44. The smallest absolute Gasteiger partial charge is 0.150 e. The van der Waals surface area contributed by atoms with Crippen LogP contribution in [0.15, 0.2) is 23.4 Å². The van der Waals surface area contributed by atoms with Crippen LogP contribution in [0.5, 0.6) is 5.75 Å². The lowest BCUT2D eigenvalue weighted by molar-refractivity contribution is 0.310. The minimum absolute atomic E-state index is 0.381. The minimum Gasteiger partial charge on any atom is -0.491 e. The number of ether oxygens (including phenoxy) is 1. The van der Waals surface area contributed by atoms with Crippen LogP contribution in [0, 0.1) is 4.91 Å². The average Bonchev–Trinajstić information content (AvgIpc) is 2.45. The first kappa shape index (κ1) is 13.8. The van der Waals surface area contributed by atoms with Crippen LogP contribution in [0.25, 0.3) is 0 Å². The first-order valence-electron chi connectivity index (χ1n) is 6.78. The summed E-state index contributed by atoms with van der Waals surface area (Å²) >= 11 is 0. The van der Waals surface area contributed by atoms with Crippen molar-refractivity contribution in [2.24, 2.45) is 5.18 Å². The number of hydrogen-bond donors (Lipinski definition) is 0. The van der Waals surface area contributed by atoms with Crippen molar-refractivity contribution in [2.75, 3.05) is 44.7 Å². The number of likely N-dealkylation sites (N-methyl/N-ethyl adjacent to an activating group) is 1. The molecule has 0 atom stereocenters. The van der Waals surface area contributed by atoms with Gasteiger partial charge in [0.2, 0.25) is 0 Å². The molecule has 0 aliphatic carbocycles. The van der Waals surface area contributed by atoms with E-state index in [1.165, 1.54) is 0 Å². The maximum Gasteiger partial charge on any atom is 0.150 e. The zero-order chi connectivity index (χ0) is 13.7. The van der Waals surface area contributed by atoms with Gasteiger partial charge in [0.05, 0.1) is 6.61 Å². The molecule has 104 valence electrons. The highest BCUT2D eigenvalue weighted by Crippen LogP contribution is 2.32. The molecule has 1 saturated heterocycles. The van der Waals surface area contributed by atoms with Crippen molar-refractivity contribution in [1.82, 2.24) is 4.90 Å². The van der Waals surface area contributed by atoms with Gasteiger partial charge in [-0.25, -0.2) is 0 Å². The van der Waals surface area contributed by atoms with E-state index in [0.717, 1.165) is 38.3 Å². The Hall–Kier alpha value is -1.62. The van der Waals surface area contributed by atoms with Crippen LogP contribution in [0.4, 0.5) is 11.4 Å². The normalized spacial score (nSPS) is 16.4. The second-order valence-corrected chi connectivity index (χ2v) is 4.88. The van der Waals surface area contributed by atoms with Crippen LogP contribution >= 0.6 is 0 Å². The second-order valence-electron chi connectivity index (χ2n) is 4.88. The first-order valence-corrected chi connectivity index (χ1v) is 6.78. The van der Waals surface area contributed by atoms with Crippen LogP contribution in [-0.4, -0.2) is 44.7 Å². The van der Waals surface area contributed by atoms with Gasteiger partial charge in [-0.2, -0.15) is 0 Å². The Morgan fingerprint density at radius 1 is 1.26 bits per heavy atom. The number of rotatable bonds is 5. The largest absolute Gasteiger partial charge is 0.491 e. The molecule has 5 nitrogen and oxygen atoms in total. The van der Waals surface area contributed by atoms with E-state index in [1.807, 2.05) is 19.1 Å². The Balaban J connectivity index is 2.14. The number of piperazine rings is 1. The quantitative estimate of drug-likeness (QED) is 0.766. The molecule has 1 aliphatic heterocycles. The van der Waals surface area contributed by atoms with Gasteiger partial charge in [-0.1, -0.05) is 6.92 Å². The predicted molar refractivity (Wildman–Crippen MR) is 77.4 cm³/mol. The molecule has 0 unspecified atom stereocenters. The molecule has 0 amide bonds. The number of anilines is 1. The highest BCUT2D eigenvalue weighted by Gasteiger charge is 2.16. The molecule has 1 aliphatic rings. The topological polar surface area (TPSA) is 45.1 Å². The third-order valence-electron chi connectivity index (χ3n) is 3.37. The van der Waals surface area contributed by atoms with Crippen molar-refractivity contribution in [2.45, 2.75) is 13.3 Å². The lowest BCUT2D eigenvalue weighted by Gasteiger charge is -2.34. The second kappa shape index (κ2) is 6.52. The van der Waals surface area contributed by atoms with Gasteiger partial charge in [-0.3, -0.25) is 0 Å². The van der Waals surface area contributed by atoms with Crippen LogP contribution in [-0.2, 0) is 0 Å². The number of nitrogens with zero attached hydrogens (tertiary/aromatic N) is 3. The summed E-state index contributed by atoms with van der Waals surface area (Å²) in [5.74, 6) is 0.591. The van der Waals surface area contributed by atoms with Gasteiger partial charge >= 0.3 is 0 Å². The summed E-state index contributed by atoms with van der Waals surface area (Å²) in [7, 11) is 2.13. The predicted octanol–water partition coefficient (Wildman–Crippen LogP) is 2.63. The van der Waals surface area contributed by atoms with Crippen molar-refractivity contribution in [3.8, 4) is 5.75 Å². The fraction of sp³-hybridized carbons (Fsp3) is 0.571. The van der Waals surface area contributed by atoms with E-state index in [-0.39, 0.29) is 0 Å². The molecule has 0 bridgehead atoms. The van der Waals surface area contributed by atoms with E-state index >= 15 is 0 Å². The van der Waals surface area contributed by atoms with E-state index in [1.54, 1.807) is 6.07 Å². The van der Waals surface area contributed by atoms with E-state index in [4.69, 9.17) is 4.74 Å². The molecule has 5 heteroatoms. The fourth-order valence-corrected chi connectivity index (χ4v) is 2.17. The van der Waals surface area contributed by atoms with Gasteiger partial charge in [-0.05, 0) is 30.8 Å². The van der Waals surface area contributed by atoms with Crippen molar-refractivity contribution in [3.63, 3.8) is 0 Å². The molecule has 1 heterocycles. The summed E-state index contributed by atoms with van der Waals surface area (Å²) in [6.07, 6.45) is 0.914. The van der Waals surface area contributed by atoms with Gasteiger partial charge in [0.25, 0.3) is 0 Å². The fourth-order valence-electron chi connectivity index (χ4n) is 2.17. The molecule has 0 saturated carbocycles. The van der Waals surface area contributed by atoms with Gasteiger partial charge in [0.1, 0.15) is 5.69 Å². The van der Waals surface area contributed by atoms with Crippen LogP contribution in [0.1, 0.15) is 13.3 Å². The van der Waals surface area contributed by atoms with Crippen LogP contribution < -0.4 is 9.64 Å². The van der Waals surface area contributed by atoms with Crippen molar-refractivity contribution >= 4 is 11.4 Å². The summed E-state index contributed by atoms with van der Waals surface area (Å²) in [4.78, 5) is 15.4. The van der Waals surface area contributed by atoms with E-state index < -0.39 is 0 Å². The summed E-state index contributed by atoms with van der Waals surface area (Å²) < 4.78 is 5.60. The Morgan fingerprint density at radius 2 is 2.00 bits per heavy atom. The van der Waals surface area contributed by atoms with Crippen molar-refractivity contribution < 1.29 is 4.74 Å². The Morgan fingerprint density at radius 3 is 2.63 bits per heavy atom. The number of benzene rings is 1. The van der Waals surface area contributed by atoms with Crippen LogP contribution in [0.3, 0.4) is 0 Å². The molecule has 2 rings (SSSR count). The summed E-state index contributed by atoms with van der Waals surface area (Å²) in [5.41, 5.74) is 1.48. The maximum atomic E-state index is 10.8. The molecule has 1 aromatic carbocycles. The van der Waals surface area contributed by atoms with E-state index in [9.17, 15) is 4.91 Å². The lowest BCUT2D eigenvalue weighted by atomic mass is 10.2. The van der Waals surface area contributed by atoms with E-state index in [0.29, 0.717) is 18.0 Å². The molecule has 1 aromatic rings. The third-order valence-corrected chi connectivity index (χ3v) is 3.37. The van der Waals surface area contributed by atoms with E-state index in [2.05, 4.69) is 22.0 Å². The molecule has 1 fully saturated rings. The zero-order valence-corrected chi connectivity index (χ0v) is 11.6. The van der Waals surface area contributed by atoms with Crippen molar-refractivity contribution in [1.29, 1.82) is 0 Å². The first-order chi connectivity index (χ1) is 9.24. The zero-order valence-electron chi connectivity index (χ0n) is 11.6. The minimum atomic E-state index is 0.381. The molecule has 0 aromatic heterocycles. The highest BCUT2D eigenvalue weighted by atomic mass is 16.5. The number of hydrogen-bond acceptors (Lipinski definition) is 5. The maximum absolute atomic E-state index is 10.8. The Bertz CT molecular complexity index is 429. The summed E-state index contributed by atoms with van der Waals surface area (Å²) in [6, 6.07) is 5.62. The van der Waals surface area contributed by atoms with Gasteiger partial charge < -0.3 is 14.5 Å². The van der Waals surface area contributed by atoms with Crippen molar-refractivity contribution in [3.05, 3.63) is 23.1 Å². The van der Waals surface area contributed by atoms with Crippen LogP contribution in [0.2, 0.25) is 0 Å². The Kier molecular flexibility index (Phi) is 4.74. The standard InChI is InChI=1S/C14H21N3O2/c1-3-10-19-14-11-12(4-5-13(14)15-18)17-8-6-16(2)7-9-17/h4-5,11H,3,6-10H2,1-2H3. The molecule has 0 N–H and O–H groups in total. The SMILES string of the molecule is CCCOc1cc(N2CCN(C)CC2)ccc1N=O. The average molecular weight is 263 g/mol. The molecule has 0 radical (unpaired) electrons. The molecular formula is C14H21N3O2. The summed E-state index contributed by atoms with van der Waals surface area (Å²) in [6.45, 7) is 6.75. The molecule has 19 heavy (non-hydrogen) atoms. The molecular weight excluding hydrogens is 242 g/mol. The summed E-state index contributed by atoms with van der Waals surface area (Å²) in [5, 5.41) is 3.02. The highest BCUT2D eigenvalue weighted by molar-refractivity contribution is 5.62. The third kappa shape index (κ3) is 3.44. The van der Waals surface area contributed by atoms with Gasteiger partial charge in [0, 0.05) is 37.9 Å². The monoisotopic (exact) mass is 263 g/mol. The van der Waals surface area contributed by atoms with Gasteiger partial charge in [-0.15, -0.1) is 4.91 Å². The number of nitroso groups, excluding NO2 is 1.